The summed E-state index contributed by atoms with van der Waals surface area (Å²) in [5, 5.41) is 2.75. The van der Waals surface area contributed by atoms with E-state index in [4.69, 9.17) is 14.2 Å². The third kappa shape index (κ3) is 5.04. The van der Waals surface area contributed by atoms with E-state index in [0.717, 1.165) is 5.75 Å². The lowest BCUT2D eigenvalue weighted by Gasteiger charge is -2.34. The summed E-state index contributed by atoms with van der Waals surface area (Å²) in [6, 6.07) is 22.0. The molecule has 0 saturated heterocycles. The van der Waals surface area contributed by atoms with Gasteiger partial charge in [0.25, 0.3) is 15.9 Å². The highest BCUT2D eigenvalue weighted by Gasteiger charge is 2.37. The topological polar surface area (TPSA) is 94.2 Å². The zero-order valence-corrected chi connectivity index (χ0v) is 18.8. The summed E-state index contributed by atoms with van der Waals surface area (Å²) in [7, 11) is -2.28. The number of amides is 1. The summed E-state index contributed by atoms with van der Waals surface area (Å²) in [5.41, 5.74) is 0.397. The number of sulfonamides is 1. The van der Waals surface area contributed by atoms with Crippen LogP contribution in [0.3, 0.4) is 0 Å². The summed E-state index contributed by atoms with van der Waals surface area (Å²) >= 11 is 0. The van der Waals surface area contributed by atoms with Gasteiger partial charge < -0.3 is 19.5 Å². The van der Waals surface area contributed by atoms with Crippen LogP contribution in [0.5, 0.6) is 17.2 Å². The summed E-state index contributed by atoms with van der Waals surface area (Å²) in [5.74, 6) is 1.28. The average Bonchev–Trinajstić information content (AvgIpc) is 2.86. The van der Waals surface area contributed by atoms with E-state index in [1.807, 2.05) is 0 Å². The maximum atomic E-state index is 13.3. The van der Waals surface area contributed by atoms with Gasteiger partial charge in [-0.15, -0.1) is 0 Å². The van der Waals surface area contributed by atoms with Crippen LogP contribution in [0.2, 0.25) is 0 Å². The number of hydrogen-bond donors (Lipinski definition) is 1. The third-order valence-electron chi connectivity index (χ3n) is 5.09. The molecule has 8 nitrogen and oxygen atoms in total. The zero-order chi connectivity index (χ0) is 23.3. The van der Waals surface area contributed by atoms with Gasteiger partial charge in [0.05, 0.1) is 30.8 Å². The molecule has 3 aromatic rings. The number of carbonyl (C=O) groups excluding carboxylic acids is 1. The Kier molecular flexibility index (Phi) is 6.69. The number of ether oxygens (including phenoxy) is 3. The van der Waals surface area contributed by atoms with Gasteiger partial charge in [-0.1, -0.05) is 30.3 Å². The number of methoxy groups -OCH3 is 1. The maximum absolute atomic E-state index is 13.3. The van der Waals surface area contributed by atoms with Gasteiger partial charge >= 0.3 is 0 Å². The molecule has 33 heavy (non-hydrogen) atoms. The van der Waals surface area contributed by atoms with Gasteiger partial charge in [-0.25, -0.2) is 8.42 Å². The van der Waals surface area contributed by atoms with E-state index < -0.39 is 22.0 Å². The Hall–Kier alpha value is -3.72. The number of anilines is 1. The molecule has 0 fully saturated rings. The van der Waals surface area contributed by atoms with Crippen molar-refractivity contribution in [2.75, 3.05) is 31.1 Å². The first-order chi connectivity index (χ1) is 16.0. The number of rotatable bonds is 8. The van der Waals surface area contributed by atoms with Crippen LogP contribution < -0.4 is 23.8 Å². The van der Waals surface area contributed by atoms with Gasteiger partial charge in [0.2, 0.25) is 0 Å². The minimum Gasteiger partial charge on any atom is -0.497 e. The Morgan fingerprint density at radius 2 is 1.67 bits per heavy atom. The molecule has 3 aromatic carbocycles. The van der Waals surface area contributed by atoms with Crippen LogP contribution in [-0.2, 0) is 14.8 Å². The number of hydrogen-bond acceptors (Lipinski definition) is 6. The van der Waals surface area contributed by atoms with Gasteiger partial charge in [-0.2, -0.15) is 0 Å². The van der Waals surface area contributed by atoms with Crippen molar-refractivity contribution in [3.63, 3.8) is 0 Å². The van der Waals surface area contributed by atoms with Crippen molar-refractivity contribution in [1.29, 1.82) is 0 Å². The number of para-hydroxylation sites is 2. The summed E-state index contributed by atoms with van der Waals surface area (Å²) in [6.45, 7) is 0.338. The lowest BCUT2D eigenvalue weighted by Crippen LogP contribution is -2.51. The Morgan fingerprint density at radius 3 is 2.39 bits per heavy atom. The quantitative estimate of drug-likeness (QED) is 0.511. The Bertz CT molecular complexity index is 1200. The zero-order valence-electron chi connectivity index (χ0n) is 18.0. The van der Waals surface area contributed by atoms with Crippen LogP contribution in [0.15, 0.2) is 83.8 Å². The standard InChI is InChI=1S/C24H24N2O6S/c1-30-18-11-13-19(14-12-18)31-16-15-25-24(27)23-17-26(21-9-5-6-10-22(21)32-23)33(28,29)20-7-3-2-4-8-20/h2-14,23H,15-17H2,1H3,(H,25,27)/t23-/m0/s1. The fourth-order valence-electron chi connectivity index (χ4n) is 3.41. The molecule has 1 amide bonds. The van der Waals surface area contributed by atoms with Crippen LogP contribution >= 0.6 is 0 Å². The molecule has 0 aromatic heterocycles. The predicted molar refractivity (Wildman–Crippen MR) is 123 cm³/mol. The predicted octanol–water partition coefficient (Wildman–Crippen LogP) is 2.85. The van der Waals surface area contributed by atoms with Crippen molar-refractivity contribution in [2.24, 2.45) is 0 Å². The average molecular weight is 469 g/mol. The molecule has 172 valence electrons. The SMILES string of the molecule is COc1ccc(OCCNC(=O)[C@@H]2CN(S(=O)(=O)c3ccccc3)c3ccccc3O2)cc1. The highest BCUT2D eigenvalue weighted by atomic mass is 32.2. The van der Waals surface area contributed by atoms with E-state index in [1.54, 1.807) is 73.8 Å². The second-order valence-electron chi connectivity index (χ2n) is 7.24. The lowest BCUT2D eigenvalue weighted by molar-refractivity contribution is -0.127. The highest BCUT2D eigenvalue weighted by molar-refractivity contribution is 7.92. The van der Waals surface area contributed by atoms with Crippen molar-refractivity contribution >= 4 is 21.6 Å². The van der Waals surface area contributed by atoms with E-state index in [9.17, 15) is 13.2 Å². The molecular formula is C24H24N2O6S. The van der Waals surface area contributed by atoms with Gasteiger partial charge in [0, 0.05) is 0 Å². The molecule has 1 heterocycles. The molecule has 0 unspecified atom stereocenters. The molecule has 1 aliphatic heterocycles. The first kappa shape index (κ1) is 22.5. The van der Waals surface area contributed by atoms with Gasteiger partial charge in [-0.05, 0) is 48.5 Å². The maximum Gasteiger partial charge on any atom is 0.264 e. The molecule has 0 radical (unpaired) electrons. The Morgan fingerprint density at radius 1 is 1.00 bits per heavy atom. The third-order valence-corrected chi connectivity index (χ3v) is 6.88. The minimum absolute atomic E-state index is 0.139. The van der Waals surface area contributed by atoms with Gasteiger partial charge in [0.15, 0.2) is 6.10 Å². The first-order valence-electron chi connectivity index (χ1n) is 10.4. The first-order valence-corrected chi connectivity index (χ1v) is 11.8. The smallest absolute Gasteiger partial charge is 0.264 e. The normalized spacial score (nSPS) is 15.2. The van der Waals surface area contributed by atoms with Crippen molar-refractivity contribution in [3.8, 4) is 17.2 Å². The van der Waals surface area contributed by atoms with Gasteiger partial charge in [0.1, 0.15) is 23.9 Å². The van der Waals surface area contributed by atoms with Crippen LogP contribution in [0.25, 0.3) is 0 Å². The molecule has 0 bridgehead atoms. The molecule has 1 aliphatic rings. The fraction of sp³-hybridized carbons (Fsp3) is 0.208. The molecule has 0 spiro atoms. The largest absolute Gasteiger partial charge is 0.497 e. The number of fused-ring (bicyclic) bond motifs is 1. The van der Waals surface area contributed by atoms with E-state index in [0.29, 0.717) is 17.2 Å². The van der Waals surface area contributed by atoms with Crippen LogP contribution in [0, 0.1) is 0 Å². The number of carbonyl (C=O) groups is 1. The summed E-state index contributed by atoms with van der Waals surface area (Å²) in [4.78, 5) is 12.9. The van der Waals surface area contributed by atoms with Gasteiger partial charge in [-0.3, -0.25) is 9.10 Å². The fourth-order valence-corrected chi connectivity index (χ4v) is 4.91. The van der Waals surface area contributed by atoms with Crippen molar-refractivity contribution < 1.29 is 27.4 Å². The van der Waals surface area contributed by atoms with E-state index in [-0.39, 0.29) is 24.6 Å². The Labute approximate surface area is 192 Å². The molecule has 9 heteroatoms. The number of benzene rings is 3. The lowest BCUT2D eigenvalue weighted by atomic mass is 10.2. The Balaban J connectivity index is 1.42. The monoisotopic (exact) mass is 468 g/mol. The van der Waals surface area contributed by atoms with Crippen molar-refractivity contribution in [1.82, 2.24) is 5.32 Å². The van der Waals surface area contributed by atoms with E-state index >= 15 is 0 Å². The highest BCUT2D eigenvalue weighted by Crippen LogP contribution is 2.36. The van der Waals surface area contributed by atoms with Crippen molar-refractivity contribution in [2.45, 2.75) is 11.0 Å². The van der Waals surface area contributed by atoms with Crippen molar-refractivity contribution in [3.05, 3.63) is 78.9 Å². The van der Waals surface area contributed by atoms with E-state index in [1.165, 1.54) is 16.4 Å². The molecular weight excluding hydrogens is 444 g/mol. The van der Waals surface area contributed by atoms with Crippen LogP contribution in [0.4, 0.5) is 5.69 Å². The number of nitrogens with zero attached hydrogens (tertiary/aromatic N) is 1. The summed E-state index contributed by atoms with van der Waals surface area (Å²) < 4.78 is 44.3. The van der Waals surface area contributed by atoms with E-state index in [2.05, 4.69) is 5.32 Å². The molecule has 4 rings (SSSR count). The second-order valence-corrected chi connectivity index (χ2v) is 9.10. The molecule has 1 atom stereocenters. The van der Waals surface area contributed by atoms with Crippen LogP contribution in [0.1, 0.15) is 0 Å². The van der Waals surface area contributed by atoms with Crippen LogP contribution in [-0.4, -0.2) is 47.2 Å². The molecule has 0 saturated carbocycles. The second kappa shape index (κ2) is 9.83. The molecule has 1 N–H and O–H groups in total. The molecule has 0 aliphatic carbocycles. The summed E-state index contributed by atoms with van der Waals surface area (Å²) in [6.07, 6.45) is -1.00. The minimum atomic E-state index is -3.87. The number of nitrogens with one attached hydrogen (secondary N) is 1.